The van der Waals surface area contributed by atoms with Crippen LogP contribution in [0, 0.1) is 0 Å². The summed E-state index contributed by atoms with van der Waals surface area (Å²) in [6, 6.07) is 6.23. The van der Waals surface area contributed by atoms with E-state index in [0.717, 1.165) is 11.2 Å². The lowest BCUT2D eigenvalue weighted by Gasteiger charge is -2.22. The van der Waals surface area contributed by atoms with Crippen LogP contribution in [0.25, 0.3) is 11.2 Å². The van der Waals surface area contributed by atoms with Crippen LogP contribution in [0.1, 0.15) is 16.6 Å². The number of hydrogen-bond acceptors (Lipinski definition) is 14. The first-order valence-electron chi connectivity index (χ1n) is 11.2. The highest BCUT2D eigenvalue weighted by atomic mass is 31.3. The molecule has 1 aliphatic rings. The summed E-state index contributed by atoms with van der Waals surface area (Å²) in [7, 11) is -14.9. The van der Waals surface area contributed by atoms with Gasteiger partial charge in [0.15, 0.2) is 23.8 Å². The number of anilines is 2. The average Bonchev–Trinajstić information content (AvgIpc) is 3.42. The number of aliphatic hydroxyl groups excluding tert-OH is 1. The molecule has 0 radical (unpaired) electrons. The Morgan fingerprint density at radius 3 is 2.54 bits per heavy atom. The number of nitrogens with two attached hydrogens (primary N) is 1. The van der Waals surface area contributed by atoms with E-state index < -0.39 is 60.4 Å². The van der Waals surface area contributed by atoms with Crippen LogP contribution in [0.15, 0.2) is 36.9 Å². The fraction of sp³-hybridized carbons (Fsp3) is 0.333. The average molecular weight is 639 g/mol. The third kappa shape index (κ3) is 7.34. The second kappa shape index (κ2) is 11.8. The van der Waals surface area contributed by atoms with Crippen LogP contribution in [-0.4, -0.2) is 82.1 Å². The minimum Gasteiger partial charge on any atom is -0.453 e. The molecule has 4 rings (SSSR count). The molecule has 2 aromatic heterocycles. The van der Waals surface area contributed by atoms with Crippen molar-refractivity contribution in [3.63, 3.8) is 0 Å². The molecule has 3 heterocycles. The highest BCUT2D eigenvalue weighted by Gasteiger charge is 2.49. The van der Waals surface area contributed by atoms with Crippen molar-refractivity contribution in [3.05, 3.63) is 42.5 Å². The number of esters is 1. The number of carbonyl (C=O) groups excluding carboxylic acids is 1. The number of imidazole rings is 1. The van der Waals surface area contributed by atoms with Gasteiger partial charge in [-0.3, -0.25) is 9.09 Å². The lowest BCUT2D eigenvalue weighted by molar-refractivity contribution is -0.0519. The Labute approximate surface area is 229 Å². The third-order valence-electron chi connectivity index (χ3n) is 5.50. The number of phosphoric ester groups is 1. The Bertz CT molecular complexity index is 1580. The Hall–Kier alpha value is -2.83. The highest BCUT2D eigenvalue weighted by molar-refractivity contribution is 7.70. The molecular weight excluding hydrogens is 615 g/mol. The molecule has 1 saturated heterocycles. The standard InChI is InChI=1S/C18H24N7O13P3/c1-20-10-5-3-2-4-9(10)18(27)37-14-11(6-35-41(33,34)38-40(31,32)24-39(28,29)30)36-17(13(14)26)25-8-23-12-15(19)21-7-22-16(12)25/h2-5,7-8,11,13-14,17,20,26H,6H2,1H3,(H,33,34)(H2,19,21,22)(H4,24,28,29,30,31,32)/t11-,13-,14-,17-/m1/s1. The Morgan fingerprint density at radius 1 is 1.15 bits per heavy atom. The van der Waals surface area contributed by atoms with Crippen LogP contribution in [0.2, 0.25) is 0 Å². The van der Waals surface area contributed by atoms with Crippen molar-refractivity contribution >= 4 is 52.0 Å². The van der Waals surface area contributed by atoms with Gasteiger partial charge in [-0.25, -0.2) is 33.4 Å². The molecule has 0 spiro atoms. The quantitative estimate of drug-likeness (QED) is 0.0999. The van der Waals surface area contributed by atoms with Gasteiger partial charge < -0.3 is 45.2 Å². The van der Waals surface area contributed by atoms with E-state index in [2.05, 4.69) is 24.6 Å². The van der Waals surface area contributed by atoms with Gasteiger partial charge in [-0.2, -0.15) is 4.31 Å². The molecule has 2 unspecified atom stereocenters. The van der Waals surface area contributed by atoms with Crippen molar-refractivity contribution in [1.82, 2.24) is 24.4 Å². The van der Waals surface area contributed by atoms with Gasteiger partial charge in [-0.15, -0.1) is 4.86 Å². The van der Waals surface area contributed by atoms with Gasteiger partial charge in [0.1, 0.15) is 24.1 Å². The topological polar surface area (TPSA) is 300 Å². The van der Waals surface area contributed by atoms with Gasteiger partial charge in [0.25, 0.3) is 0 Å². The van der Waals surface area contributed by atoms with Crippen LogP contribution in [0.3, 0.4) is 0 Å². The molecule has 1 fully saturated rings. The van der Waals surface area contributed by atoms with Crippen molar-refractivity contribution in [2.24, 2.45) is 0 Å². The lowest BCUT2D eigenvalue weighted by atomic mass is 10.1. The maximum atomic E-state index is 13.0. The summed E-state index contributed by atoms with van der Waals surface area (Å²) in [6.45, 7) is -0.993. The zero-order chi connectivity index (χ0) is 30.2. The van der Waals surface area contributed by atoms with E-state index >= 15 is 0 Å². The molecule has 0 saturated carbocycles. The SMILES string of the molecule is CNc1ccccc1C(=O)O[C@H]1[C@@H](O)[C@H](n2cnc3c(N)ncnc32)O[C@@H]1COP(=O)(O)OP(=O)(O)NP(=O)(O)O. The number of para-hydroxylation sites is 1. The van der Waals surface area contributed by atoms with Gasteiger partial charge >= 0.3 is 29.3 Å². The minimum absolute atomic E-state index is 0.0171. The second-order valence-electron chi connectivity index (χ2n) is 8.31. The first-order valence-corrected chi connectivity index (χ1v) is 15.9. The fourth-order valence-electron chi connectivity index (χ4n) is 3.87. The number of benzene rings is 1. The molecule has 0 bridgehead atoms. The van der Waals surface area contributed by atoms with Crippen LogP contribution in [-0.2, 0) is 32.0 Å². The summed E-state index contributed by atoms with van der Waals surface area (Å²) in [5.41, 5.74) is 6.53. The molecular formula is C18H24N7O13P3. The Balaban J connectivity index is 1.60. The van der Waals surface area contributed by atoms with E-state index in [9.17, 15) is 33.4 Å². The summed E-state index contributed by atoms with van der Waals surface area (Å²) in [5.74, 6) is -0.909. The van der Waals surface area contributed by atoms with E-state index in [4.69, 9.17) is 29.5 Å². The number of fused-ring (bicyclic) bond motifs is 1. The first-order chi connectivity index (χ1) is 19.1. The van der Waals surface area contributed by atoms with E-state index in [1.807, 2.05) is 0 Å². The number of nitrogen functional groups attached to an aromatic ring is 1. The zero-order valence-electron chi connectivity index (χ0n) is 20.7. The lowest BCUT2D eigenvalue weighted by Crippen LogP contribution is -2.38. The molecule has 0 aliphatic carbocycles. The number of rotatable bonds is 11. The number of aliphatic hydroxyl groups is 1. The summed E-state index contributed by atoms with van der Waals surface area (Å²) >= 11 is 0. The van der Waals surface area contributed by atoms with Crippen molar-refractivity contribution in [2.75, 3.05) is 24.7 Å². The van der Waals surface area contributed by atoms with Gasteiger partial charge in [-0.05, 0) is 12.1 Å². The summed E-state index contributed by atoms with van der Waals surface area (Å²) in [6.07, 6.45) is -3.81. The fourth-order valence-corrected chi connectivity index (χ4v) is 7.30. The predicted octanol–water partition coefficient (Wildman–Crippen LogP) is -0.150. The van der Waals surface area contributed by atoms with Crippen molar-refractivity contribution in [1.29, 1.82) is 0 Å². The number of carbonyl (C=O) groups is 1. The number of hydrogen-bond donors (Lipinski definition) is 8. The van der Waals surface area contributed by atoms with Crippen molar-refractivity contribution in [2.45, 2.75) is 24.5 Å². The maximum absolute atomic E-state index is 13.0. The van der Waals surface area contributed by atoms with Gasteiger partial charge in [0.2, 0.25) is 0 Å². The van der Waals surface area contributed by atoms with E-state index in [1.54, 1.807) is 25.2 Å². The normalized spacial score (nSPS) is 24.0. The number of nitrogens with zero attached hydrogens (tertiary/aromatic N) is 4. The highest BCUT2D eigenvalue weighted by Crippen LogP contribution is 2.61. The molecule has 9 N–H and O–H groups in total. The van der Waals surface area contributed by atoms with Crippen LogP contribution >= 0.6 is 23.3 Å². The van der Waals surface area contributed by atoms with Gasteiger partial charge in [0, 0.05) is 12.7 Å². The number of aromatic nitrogens is 4. The molecule has 1 aliphatic heterocycles. The summed E-state index contributed by atoms with van der Waals surface area (Å²) in [5, 5.41) is 14.0. The molecule has 20 nitrogen and oxygen atoms in total. The number of phosphoric acid groups is 1. The Kier molecular flexibility index (Phi) is 8.96. The smallest absolute Gasteiger partial charge is 0.453 e. The number of nitrogens with one attached hydrogen (secondary N) is 2. The van der Waals surface area contributed by atoms with Crippen LogP contribution < -0.4 is 15.9 Å². The molecule has 224 valence electrons. The first kappa shape index (κ1) is 31.1. The number of ether oxygens (including phenoxy) is 2. The Morgan fingerprint density at radius 2 is 1.85 bits per heavy atom. The summed E-state index contributed by atoms with van der Waals surface area (Å²) in [4.78, 5) is 62.8. The van der Waals surface area contributed by atoms with Crippen molar-refractivity contribution < 1.29 is 61.5 Å². The van der Waals surface area contributed by atoms with Gasteiger partial charge in [0.05, 0.1) is 18.5 Å². The zero-order valence-corrected chi connectivity index (χ0v) is 23.4. The summed E-state index contributed by atoms with van der Waals surface area (Å²) < 4.78 is 56.3. The van der Waals surface area contributed by atoms with Crippen LogP contribution in [0.5, 0.6) is 0 Å². The van der Waals surface area contributed by atoms with Crippen molar-refractivity contribution in [3.8, 4) is 0 Å². The molecule has 6 atom stereocenters. The molecule has 0 amide bonds. The minimum atomic E-state index is -5.55. The second-order valence-corrected chi connectivity index (χ2v) is 13.1. The third-order valence-corrected chi connectivity index (χ3v) is 9.74. The van der Waals surface area contributed by atoms with E-state index in [1.165, 1.54) is 17.0 Å². The van der Waals surface area contributed by atoms with E-state index in [-0.39, 0.29) is 22.5 Å². The van der Waals surface area contributed by atoms with Gasteiger partial charge in [-0.1, -0.05) is 12.1 Å². The molecule has 41 heavy (non-hydrogen) atoms. The molecule has 3 aromatic rings. The monoisotopic (exact) mass is 639 g/mol. The largest absolute Gasteiger partial charge is 0.480 e. The maximum Gasteiger partial charge on any atom is 0.480 e. The molecule has 1 aromatic carbocycles. The van der Waals surface area contributed by atoms with Crippen LogP contribution in [0.4, 0.5) is 11.5 Å². The molecule has 23 heteroatoms. The predicted molar refractivity (Wildman–Crippen MR) is 137 cm³/mol. The van der Waals surface area contributed by atoms with E-state index in [0.29, 0.717) is 5.69 Å².